The zero-order valence-electron chi connectivity index (χ0n) is 10.4. The molecule has 1 atom stereocenters. The van der Waals surface area contributed by atoms with Crippen LogP contribution in [0.2, 0.25) is 0 Å². The number of hydrogen-bond donors (Lipinski definition) is 1. The number of furan rings is 1. The van der Waals surface area contributed by atoms with Crippen LogP contribution >= 0.6 is 0 Å². The first-order chi connectivity index (χ1) is 8.42. The van der Waals surface area contributed by atoms with Crippen LogP contribution in [0.1, 0.15) is 25.0 Å². The zero-order chi connectivity index (χ0) is 11.5. The van der Waals surface area contributed by atoms with Gasteiger partial charge in [0.15, 0.2) is 0 Å². The Balaban J connectivity index is 1.47. The monoisotopic (exact) mass is 234 g/mol. The Morgan fingerprint density at radius 3 is 2.76 bits per heavy atom. The molecule has 1 aromatic heterocycles. The molecule has 0 radical (unpaired) electrons. The zero-order valence-corrected chi connectivity index (χ0v) is 10.4. The molecule has 0 amide bonds. The quantitative estimate of drug-likeness (QED) is 0.868. The first-order valence-corrected chi connectivity index (χ1v) is 6.87. The molecule has 3 heterocycles. The highest BCUT2D eigenvalue weighted by Crippen LogP contribution is 2.29. The summed E-state index contributed by atoms with van der Waals surface area (Å²) < 4.78 is 5.41. The Labute approximate surface area is 103 Å². The molecule has 17 heavy (non-hydrogen) atoms. The van der Waals surface area contributed by atoms with Crippen LogP contribution in [-0.2, 0) is 6.54 Å². The van der Waals surface area contributed by atoms with Crippen LogP contribution in [0.4, 0.5) is 0 Å². The molecule has 3 rings (SSSR count). The van der Waals surface area contributed by atoms with Gasteiger partial charge in [-0.25, -0.2) is 0 Å². The topological polar surface area (TPSA) is 28.4 Å². The second-order valence-electron chi connectivity index (χ2n) is 5.45. The summed E-state index contributed by atoms with van der Waals surface area (Å²) in [5, 5.41) is 3.49. The normalized spacial score (nSPS) is 27.6. The number of rotatable bonds is 3. The molecule has 0 spiro atoms. The van der Waals surface area contributed by atoms with Gasteiger partial charge in [-0.05, 0) is 69.4 Å². The molecule has 3 heteroatoms. The van der Waals surface area contributed by atoms with E-state index in [0.29, 0.717) is 0 Å². The highest BCUT2D eigenvalue weighted by atomic mass is 16.3. The van der Waals surface area contributed by atoms with Gasteiger partial charge in [-0.1, -0.05) is 0 Å². The molecule has 0 aliphatic carbocycles. The average molecular weight is 234 g/mol. The molecule has 2 fully saturated rings. The van der Waals surface area contributed by atoms with Gasteiger partial charge in [0.25, 0.3) is 0 Å². The molecule has 1 aromatic rings. The number of hydrogen-bond acceptors (Lipinski definition) is 3. The van der Waals surface area contributed by atoms with Crippen LogP contribution in [-0.4, -0.2) is 31.1 Å². The maximum atomic E-state index is 5.41. The van der Waals surface area contributed by atoms with Gasteiger partial charge in [-0.2, -0.15) is 0 Å². The Bertz CT molecular complexity index is 322. The molecule has 0 aromatic carbocycles. The van der Waals surface area contributed by atoms with E-state index in [1.807, 2.05) is 6.07 Å². The Hall–Kier alpha value is -0.800. The molecule has 1 N–H and O–H groups in total. The number of nitrogens with one attached hydrogen (secondary N) is 1. The summed E-state index contributed by atoms with van der Waals surface area (Å²) in [4.78, 5) is 2.53. The molecule has 2 saturated heterocycles. The fourth-order valence-electron chi connectivity index (χ4n) is 3.28. The van der Waals surface area contributed by atoms with Crippen molar-refractivity contribution in [3.63, 3.8) is 0 Å². The van der Waals surface area contributed by atoms with Gasteiger partial charge < -0.3 is 9.73 Å². The molecule has 1 unspecified atom stereocenters. The lowest BCUT2D eigenvalue weighted by molar-refractivity contribution is 0.139. The van der Waals surface area contributed by atoms with E-state index in [4.69, 9.17) is 4.42 Å². The van der Waals surface area contributed by atoms with Crippen molar-refractivity contribution in [2.75, 3.05) is 26.2 Å². The minimum atomic E-state index is 0.945. The first-order valence-electron chi connectivity index (χ1n) is 6.87. The van der Waals surface area contributed by atoms with Gasteiger partial charge in [0.2, 0.25) is 0 Å². The SMILES string of the molecule is c1coc(CN2CCC(C3CCNC3)CC2)c1. The lowest BCUT2D eigenvalue weighted by Crippen LogP contribution is -2.36. The van der Waals surface area contributed by atoms with Crippen LogP contribution < -0.4 is 5.32 Å². The molecular formula is C14H22N2O. The van der Waals surface area contributed by atoms with Gasteiger partial charge in [0.05, 0.1) is 12.8 Å². The number of nitrogens with zero attached hydrogens (tertiary/aromatic N) is 1. The predicted octanol–water partition coefficient (Wildman–Crippen LogP) is 2.10. The molecule has 94 valence electrons. The van der Waals surface area contributed by atoms with Crippen molar-refractivity contribution in [2.24, 2.45) is 11.8 Å². The maximum Gasteiger partial charge on any atom is 0.117 e. The van der Waals surface area contributed by atoms with Gasteiger partial charge >= 0.3 is 0 Å². The number of likely N-dealkylation sites (tertiary alicyclic amines) is 1. The van der Waals surface area contributed by atoms with E-state index in [1.165, 1.54) is 45.4 Å². The third kappa shape index (κ3) is 2.72. The molecular weight excluding hydrogens is 212 g/mol. The van der Waals surface area contributed by atoms with Crippen LogP contribution in [0.5, 0.6) is 0 Å². The van der Waals surface area contributed by atoms with Crippen LogP contribution in [0, 0.1) is 11.8 Å². The van der Waals surface area contributed by atoms with Crippen molar-refractivity contribution >= 4 is 0 Å². The summed E-state index contributed by atoms with van der Waals surface area (Å²) in [6.07, 6.45) is 5.90. The first kappa shape index (κ1) is 11.3. The van der Waals surface area contributed by atoms with Crippen LogP contribution in [0.15, 0.2) is 22.8 Å². The van der Waals surface area contributed by atoms with Gasteiger partial charge in [-0.3, -0.25) is 4.90 Å². The van der Waals surface area contributed by atoms with E-state index in [2.05, 4.69) is 16.3 Å². The van der Waals surface area contributed by atoms with Gasteiger partial charge in [0, 0.05) is 0 Å². The van der Waals surface area contributed by atoms with E-state index in [0.717, 1.165) is 24.1 Å². The van der Waals surface area contributed by atoms with Crippen molar-refractivity contribution in [1.82, 2.24) is 10.2 Å². The van der Waals surface area contributed by atoms with E-state index in [1.54, 1.807) is 6.26 Å². The molecule has 2 aliphatic heterocycles. The Morgan fingerprint density at radius 2 is 2.12 bits per heavy atom. The van der Waals surface area contributed by atoms with Crippen molar-refractivity contribution in [2.45, 2.75) is 25.8 Å². The standard InChI is InChI=1S/C14H22N2O/c1-2-14(17-9-1)11-16-7-4-12(5-8-16)13-3-6-15-10-13/h1-2,9,12-13,15H,3-8,10-11H2. The second-order valence-corrected chi connectivity index (χ2v) is 5.45. The van der Waals surface area contributed by atoms with Crippen LogP contribution in [0.3, 0.4) is 0 Å². The smallest absolute Gasteiger partial charge is 0.117 e. The minimum absolute atomic E-state index is 0.945. The molecule has 2 aliphatic rings. The highest BCUT2D eigenvalue weighted by Gasteiger charge is 2.28. The summed E-state index contributed by atoms with van der Waals surface area (Å²) >= 11 is 0. The van der Waals surface area contributed by atoms with Crippen molar-refractivity contribution < 1.29 is 4.42 Å². The van der Waals surface area contributed by atoms with Crippen molar-refractivity contribution in [3.8, 4) is 0 Å². The van der Waals surface area contributed by atoms with E-state index in [-0.39, 0.29) is 0 Å². The molecule has 0 bridgehead atoms. The van der Waals surface area contributed by atoms with Gasteiger partial charge in [-0.15, -0.1) is 0 Å². The lowest BCUT2D eigenvalue weighted by Gasteiger charge is -2.34. The third-order valence-corrected chi connectivity index (χ3v) is 4.36. The summed E-state index contributed by atoms with van der Waals surface area (Å²) in [6.45, 7) is 5.95. The van der Waals surface area contributed by atoms with Gasteiger partial charge in [0.1, 0.15) is 5.76 Å². The third-order valence-electron chi connectivity index (χ3n) is 4.36. The predicted molar refractivity (Wildman–Crippen MR) is 67.7 cm³/mol. The van der Waals surface area contributed by atoms with Crippen LogP contribution in [0.25, 0.3) is 0 Å². The summed E-state index contributed by atoms with van der Waals surface area (Å²) in [5.41, 5.74) is 0. The average Bonchev–Trinajstić information content (AvgIpc) is 3.01. The minimum Gasteiger partial charge on any atom is -0.468 e. The van der Waals surface area contributed by atoms with Crippen molar-refractivity contribution in [3.05, 3.63) is 24.2 Å². The summed E-state index contributed by atoms with van der Waals surface area (Å²) in [6, 6.07) is 4.05. The van der Waals surface area contributed by atoms with E-state index >= 15 is 0 Å². The molecule has 3 nitrogen and oxygen atoms in total. The number of piperidine rings is 1. The fourth-order valence-corrected chi connectivity index (χ4v) is 3.28. The fraction of sp³-hybridized carbons (Fsp3) is 0.714. The van der Waals surface area contributed by atoms with E-state index < -0.39 is 0 Å². The lowest BCUT2D eigenvalue weighted by atomic mass is 9.84. The summed E-state index contributed by atoms with van der Waals surface area (Å²) in [7, 11) is 0. The second kappa shape index (κ2) is 5.23. The summed E-state index contributed by atoms with van der Waals surface area (Å²) in [5.74, 6) is 3.00. The Morgan fingerprint density at radius 1 is 1.24 bits per heavy atom. The van der Waals surface area contributed by atoms with E-state index in [9.17, 15) is 0 Å². The highest BCUT2D eigenvalue weighted by molar-refractivity contribution is 4.98. The Kier molecular flexibility index (Phi) is 3.48. The maximum absolute atomic E-state index is 5.41. The largest absolute Gasteiger partial charge is 0.468 e. The van der Waals surface area contributed by atoms with Crippen molar-refractivity contribution in [1.29, 1.82) is 0 Å². The molecule has 0 saturated carbocycles.